The van der Waals surface area contributed by atoms with Crippen molar-refractivity contribution in [1.29, 1.82) is 5.26 Å². The third-order valence-corrected chi connectivity index (χ3v) is 11.6. The summed E-state index contributed by atoms with van der Waals surface area (Å²) in [5.74, 6) is 1.37. The van der Waals surface area contributed by atoms with Crippen molar-refractivity contribution in [3.05, 3.63) is 131 Å². The largest absolute Gasteiger partial charge is 0.497 e. The van der Waals surface area contributed by atoms with E-state index in [2.05, 4.69) is 10.7 Å². The SMILES string of the molecule is COc1ccc(C(OC[C@H]2OC[C@H](OCc3cccc(C(F)(F)F)c3)[C@@H]2OP(OCCC#N)N(C(C)C)C(C)C)(c2ccccc2)c2ccc(OC)cc2)cc1. The fourth-order valence-electron chi connectivity index (χ4n) is 6.79. The summed E-state index contributed by atoms with van der Waals surface area (Å²) in [6.45, 7) is 8.30. The lowest BCUT2D eigenvalue weighted by Crippen LogP contribution is -2.42. The van der Waals surface area contributed by atoms with E-state index in [0.717, 1.165) is 28.8 Å². The van der Waals surface area contributed by atoms with Gasteiger partial charge in [-0.1, -0.05) is 66.7 Å². The van der Waals surface area contributed by atoms with Gasteiger partial charge in [-0.2, -0.15) is 18.4 Å². The molecule has 1 fully saturated rings. The summed E-state index contributed by atoms with van der Waals surface area (Å²) < 4.78 is 87.0. The second-order valence-corrected chi connectivity index (χ2v) is 15.3. The lowest BCUT2D eigenvalue weighted by molar-refractivity contribution is -0.137. The van der Waals surface area contributed by atoms with E-state index in [1.807, 2.05) is 107 Å². The van der Waals surface area contributed by atoms with Crippen molar-refractivity contribution in [3.8, 4) is 17.6 Å². The van der Waals surface area contributed by atoms with Gasteiger partial charge in [-0.15, -0.1) is 0 Å². The molecule has 1 saturated heterocycles. The zero-order chi connectivity index (χ0) is 40.3. The highest BCUT2D eigenvalue weighted by Crippen LogP contribution is 2.50. The topological polar surface area (TPSA) is 91.6 Å². The van der Waals surface area contributed by atoms with Crippen molar-refractivity contribution >= 4 is 8.53 Å². The molecule has 4 atom stereocenters. The number of benzene rings is 4. The van der Waals surface area contributed by atoms with Gasteiger partial charge in [-0.25, -0.2) is 4.67 Å². The van der Waals surface area contributed by atoms with Crippen LogP contribution >= 0.6 is 8.53 Å². The van der Waals surface area contributed by atoms with Gasteiger partial charge in [0.25, 0.3) is 8.53 Å². The number of nitriles is 1. The van der Waals surface area contributed by atoms with E-state index in [1.54, 1.807) is 20.3 Å². The van der Waals surface area contributed by atoms with E-state index < -0.39 is 44.2 Å². The Morgan fingerprint density at radius 1 is 0.804 bits per heavy atom. The molecule has 0 spiro atoms. The molecule has 1 unspecified atom stereocenters. The summed E-state index contributed by atoms with van der Waals surface area (Å²) in [7, 11) is 1.47. The van der Waals surface area contributed by atoms with Crippen LogP contribution in [0.3, 0.4) is 0 Å². The van der Waals surface area contributed by atoms with Crippen LogP contribution in [0.25, 0.3) is 0 Å². The Labute approximate surface area is 329 Å². The van der Waals surface area contributed by atoms with Crippen molar-refractivity contribution < 1.29 is 45.9 Å². The van der Waals surface area contributed by atoms with Crippen molar-refractivity contribution in [2.75, 3.05) is 34.0 Å². The van der Waals surface area contributed by atoms with Crippen LogP contribution in [-0.4, -0.2) is 69.1 Å². The highest BCUT2D eigenvalue weighted by molar-refractivity contribution is 7.44. The molecule has 1 aliphatic heterocycles. The van der Waals surface area contributed by atoms with Gasteiger partial charge >= 0.3 is 6.18 Å². The van der Waals surface area contributed by atoms with Crippen molar-refractivity contribution in [2.45, 2.75) is 82.9 Å². The Kier molecular flexibility index (Phi) is 15.3. The van der Waals surface area contributed by atoms with Gasteiger partial charge in [0.05, 0.1) is 58.7 Å². The number of rotatable bonds is 19. The molecule has 300 valence electrons. The molecule has 0 radical (unpaired) electrons. The summed E-state index contributed by atoms with van der Waals surface area (Å²) in [4.78, 5) is 0. The minimum atomic E-state index is -4.49. The highest BCUT2D eigenvalue weighted by Gasteiger charge is 2.46. The lowest BCUT2D eigenvalue weighted by Gasteiger charge is -2.39. The number of methoxy groups -OCH3 is 2. The highest BCUT2D eigenvalue weighted by atomic mass is 31.2. The summed E-state index contributed by atoms with van der Waals surface area (Å²) >= 11 is 0. The predicted molar refractivity (Wildman–Crippen MR) is 208 cm³/mol. The van der Waals surface area contributed by atoms with Crippen LogP contribution < -0.4 is 9.47 Å². The lowest BCUT2D eigenvalue weighted by atomic mass is 9.80. The zero-order valence-electron chi connectivity index (χ0n) is 32.6. The maximum atomic E-state index is 13.6. The first-order valence-electron chi connectivity index (χ1n) is 18.5. The minimum Gasteiger partial charge on any atom is -0.497 e. The maximum absolute atomic E-state index is 13.6. The van der Waals surface area contributed by atoms with Gasteiger partial charge in [0, 0.05) is 12.1 Å². The van der Waals surface area contributed by atoms with Crippen molar-refractivity contribution in [3.63, 3.8) is 0 Å². The van der Waals surface area contributed by atoms with E-state index in [1.165, 1.54) is 6.07 Å². The van der Waals surface area contributed by atoms with Crippen LogP contribution in [-0.2, 0) is 41.6 Å². The molecule has 1 heterocycles. The van der Waals surface area contributed by atoms with Gasteiger partial charge in [0.1, 0.15) is 35.4 Å². The third kappa shape index (κ3) is 10.5. The van der Waals surface area contributed by atoms with Crippen LogP contribution in [0.15, 0.2) is 103 Å². The van der Waals surface area contributed by atoms with Crippen molar-refractivity contribution in [1.82, 2.24) is 4.67 Å². The number of hydrogen-bond acceptors (Lipinski definition) is 9. The average molecular weight is 795 g/mol. The van der Waals surface area contributed by atoms with Crippen LogP contribution in [0.4, 0.5) is 13.2 Å². The molecule has 0 saturated carbocycles. The predicted octanol–water partition coefficient (Wildman–Crippen LogP) is 9.68. The van der Waals surface area contributed by atoms with Crippen LogP contribution in [0.5, 0.6) is 11.5 Å². The number of nitrogens with zero attached hydrogens (tertiary/aromatic N) is 2. The van der Waals surface area contributed by atoms with E-state index >= 15 is 0 Å². The molecule has 1 aliphatic rings. The monoisotopic (exact) mass is 794 g/mol. The fraction of sp³-hybridized carbons (Fsp3) is 0.419. The average Bonchev–Trinajstić information content (AvgIpc) is 3.58. The summed E-state index contributed by atoms with van der Waals surface area (Å²) in [5.41, 5.74) is 0.967. The van der Waals surface area contributed by atoms with Gasteiger partial charge in [-0.05, 0) is 86.3 Å². The second kappa shape index (κ2) is 19.9. The Morgan fingerprint density at radius 2 is 1.38 bits per heavy atom. The van der Waals surface area contributed by atoms with Crippen molar-refractivity contribution in [2.24, 2.45) is 0 Å². The Balaban J connectivity index is 1.54. The molecule has 4 aromatic carbocycles. The Bertz CT molecular complexity index is 1780. The molecular weight excluding hydrogens is 744 g/mol. The molecule has 56 heavy (non-hydrogen) atoms. The van der Waals surface area contributed by atoms with Crippen LogP contribution in [0.2, 0.25) is 0 Å². The van der Waals surface area contributed by atoms with Gasteiger partial charge in [0.15, 0.2) is 0 Å². The Morgan fingerprint density at radius 3 is 1.91 bits per heavy atom. The molecule has 0 aliphatic carbocycles. The minimum absolute atomic E-state index is 0.0144. The number of halogens is 3. The van der Waals surface area contributed by atoms with Crippen LogP contribution in [0.1, 0.15) is 61.9 Å². The van der Waals surface area contributed by atoms with Gasteiger partial charge < -0.3 is 32.7 Å². The number of ether oxygens (including phenoxy) is 5. The number of hydrogen-bond donors (Lipinski definition) is 0. The summed E-state index contributed by atoms with van der Waals surface area (Å²) in [6, 6.07) is 32.5. The second-order valence-electron chi connectivity index (χ2n) is 13.9. The first kappa shape index (κ1) is 43.1. The molecule has 9 nitrogen and oxygen atoms in total. The first-order valence-corrected chi connectivity index (χ1v) is 19.7. The first-order chi connectivity index (χ1) is 26.9. The van der Waals surface area contributed by atoms with E-state index in [0.29, 0.717) is 17.1 Å². The van der Waals surface area contributed by atoms with E-state index in [-0.39, 0.29) is 44.9 Å². The van der Waals surface area contributed by atoms with E-state index in [4.69, 9.17) is 32.7 Å². The smallest absolute Gasteiger partial charge is 0.416 e. The zero-order valence-corrected chi connectivity index (χ0v) is 33.5. The molecule has 0 bridgehead atoms. The number of alkyl halides is 3. The molecule has 0 amide bonds. The third-order valence-electron chi connectivity index (χ3n) is 9.44. The standard InChI is InChI=1S/C43H50F3N2O7P/c1-30(2)48(31(3)4)56(54-25-11-24-47)55-41-39(51-27-32-12-10-15-36(26-32)43(44,45)46)28-52-40(41)29-53-42(33-13-8-7-9-14-33,34-16-20-37(49-5)21-17-34)35-18-22-38(50-6)23-19-35/h7-10,12-23,26,30-31,39-41H,11,25,27-29H2,1-6H3/t39-,40+,41-,56?/m0/s1. The van der Waals surface area contributed by atoms with Crippen LogP contribution in [0, 0.1) is 11.3 Å². The summed E-state index contributed by atoms with van der Waals surface area (Å²) in [5, 5.41) is 9.32. The van der Waals surface area contributed by atoms with E-state index in [9.17, 15) is 18.4 Å². The maximum Gasteiger partial charge on any atom is 0.416 e. The normalized spacial score (nSPS) is 18.0. The molecule has 0 aromatic heterocycles. The van der Waals surface area contributed by atoms with Gasteiger partial charge in [0.2, 0.25) is 0 Å². The molecular formula is C43H50F3N2O7P. The summed E-state index contributed by atoms with van der Waals surface area (Å²) in [6.07, 6.45) is -6.50. The molecule has 0 N–H and O–H groups in total. The Hall–Kier alpha value is -4.05. The fourth-order valence-corrected chi connectivity index (χ4v) is 8.57. The molecule has 5 rings (SSSR count). The molecule has 4 aromatic rings. The van der Waals surface area contributed by atoms with Gasteiger partial charge in [-0.3, -0.25) is 0 Å². The molecule has 13 heteroatoms. The quantitative estimate of drug-likeness (QED) is 0.0523.